The van der Waals surface area contributed by atoms with E-state index in [1.165, 1.54) is 6.92 Å². The summed E-state index contributed by atoms with van der Waals surface area (Å²) in [4.78, 5) is 37.5. The second-order valence-electron chi connectivity index (χ2n) is 6.19. The number of amides is 3. The van der Waals surface area contributed by atoms with Gasteiger partial charge in [0.1, 0.15) is 0 Å². The van der Waals surface area contributed by atoms with Crippen molar-refractivity contribution >= 4 is 29.1 Å². The largest absolute Gasteiger partial charge is 0.378 e. The van der Waals surface area contributed by atoms with Crippen molar-refractivity contribution in [3.63, 3.8) is 0 Å². The molecule has 2 N–H and O–H groups in total. The fourth-order valence-corrected chi connectivity index (χ4v) is 2.73. The summed E-state index contributed by atoms with van der Waals surface area (Å²) in [5, 5.41) is 5.41. The lowest BCUT2D eigenvalue weighted by atomic mass is 10.1. The third-order valence-corrected chi connectivity index (χ3v) is 4.24. The minimum absolute atomic E-state index is 0.0299. The van der Waals surface area contributed by atoms with Crippen molar-refractivity contribution in [2.45, 2.75) is 6.92 Å². The quantitative estimate of drug-likeness (QED) is 0.813. The first-order chi connectivity index (χ1) is 13.0. The number of urea groups is 1. The molecule has 0 unspecified atom stereocenters. The number of carbonyl (C=O) groups is 3. The number of ketones is 1. The van der Waals surface area contributed by atoms with Gasteiger partial charge in [-0.05, 0) is 55.5 Å². The third-order valence-electron chi connectivity index (χ3n) is 4.24. The molecule has 1 heterocycles. The van der Waals surface area contributed by atoms with E-state index in [0.717, 1.165) is 0 Å². The summed E-state index contributed by atoms with van der Waals surface area (Å²) in [6, 6.07) is 13.0. The molecule has 0 aliphatic carbocycles. The maximum Gasteiger partial charge on any atom is 0.323 e. The number of benzene rings is 2. The van der Waals surface area contributed by atoms with E-state index in [0.29, 0.717) is 48.8 Å². The van der Waals surface area contributed by atoms with E-state index < -0.39 is 6.03 Å². The molecular weight excluding hydrogens is 346 g/mol. The Morgan fingerprint density at radius 2 is 1.30 bits per heavy atom. The van der Waals surface area contributed by atoms with Crippen molar-refractivity contribution in [3.8, 4) is 0 Å². The van der Waals surface area contributed by atoms with Crippen LogP contribution in [0.3, 0.4) is 0 Å². The number of morpholine rings is 1. The zero-order valence-corrected chi connectivity index (χ0v) is 15.0. The van der Waals surface area contributed by atoms with Crippen LogP contribution >= 0.6 is 0 Å². The van der Waals surface area contributed by atoms with Gasteiger partial charge in [-0.2, -0.15) is 0 Å². The number of Topliss-reactive ketones (excluding diaryl/α,β-unsaturated/α-hetero) is 1. The van der Waals surface area contributed by atoms with E-state index in [-0.39, 0.29) is 11.7 Å². The standard InChI is InChI=1S/C20H21N3O4/c1-14(24)15-2-6-17(7-3-15)21-20(26)22-18-8-4-16(5-9-18)19(25)23-10-12-27-13-11-23/h2-9H,10-13H2,1H3,(H2,21,22,26). The lowest BCUT2D eigenvalue weighted by Crippen LogP contribution is -2.40. The van der Waals surface area contributed by atoms with Crippen molar-refractivity contribution < 1.29 is 19.1 Å². The SMILES string of the molecule is CC(=O)c1ccc(NC(=O)Nc2ccc(C(=O)N3CCOCC3)cc2)cc1. The predicted molar refractivity (Wildman–Crippen MR) is 102 cm³/mol. The number of rotatable bonds is 4. The number of nitrogens with zero attached hydrogens (tertiary/aromatic N) is 1. The average molecular weight is 367 g/mol. The van der Waals surface area contributed by atoms with Gasteiger partial charge in [0, 0.05) is 35.6 Å². The fourth-order valence-electron chi connectivity index (χ4n) is 2.73. The second-order valence-corrected chi connectivity index (χ2v) is 6.19. The van der Waals surface area contributed by atoms with Crippen LogP contribution in [0.2, 0.25) is 0 Å². The molecule has 7 nitrogen and oxygen atoms in total. The van der Waals surface area contributed by atoms with E-state index >= 15 is 0 Å². The summed E-state index contributed by atoms with van der Waals surface area (Å²) < 4.78 is 5.25. The molecule has 27 heavy (non-hydrogen) atoms. The van der Waals surface area contributed by atoms with Gasteiger partial charge in [0.05, 0.1) is 13.2 Å². The third kappa shape index (κ3) is 4.92. The highest BCUT2D eigenvalue weighted by Crippen LogP contribution is 2.14. The number of nitrogens with one attached hydrogen (secondary N) is 2. The zero-order chi connectivity index (χ0) is 19.2. The Morgan fingerprint density at radius 3 is 1.78 bits per heavy atom. The van der Waals surface area contributed by atoms with Gasteiger partial charge in [-0.1, -0.05) is 0 Å². The highest BCUT2D eigenvalue weighted by Gasteiger charge is 2.18. The lowest BCUT2D eigenvalue weighted by Gasteiger charge is -2.26. The van der Waals surface area contributed by atoms with Crippen molar-refractivity contribution in [3.05, 3.63) is 59.7 Å². The summed E-state index contributed by atoms with van der Waals surface area (Å²) >= 11 is 0. The van der Waals surface area contributed by atoms with Gasteiger partial charge in [-0.25, -0.2) is 4.79 Å². The molecule has 7 heteroatoms. The molecule has 140 valence electrons. The Labute approximate surface area is 157 Å². The maximum absolute atomic E-state index is 12.4. The summed E-state index contributed by atoms with van der Waals surface area (Å²) in [6.45, 7) is 3.77. The molecule has 0 bridgehead atoms. The molecule has 0 atom stereocenters. The first kappa shape index (κ1) is 18.6. The van der Waals surface area contributed by atoms with E-state index in [2.05, 4.69) is 10.6 Å². The Balaban J connectivity index is 1.56. The maximum atomic E-state index is 12.4. The van der Waals surface area contributed by atoms with Crippen LogP contribution in [0, 0.1) is 0 Å². The molecule has 2 aromatic rings. The van der Waals surface area contributed by atoms with Gasteiger partial charge in [0.25, 0.3) is 5.91 Å². The minimum Gasteiger partial charge on any atom is -0.378 e. The number of hydrogen-bond acceptors (Lipinski definition) is 4. The molecule has 1 fully saturated rings. The highest BCUT2D eigenvalue weighted by atomic mass is 16.5. The molecule has 0 aromatic heterocycles. The lowest BCUT2D eigenvalue weighted by molar-refractivity contribution is 0.0303. The number of anilines is 2. The highest BCUT2D eigenvalue weighted by molar-refractivity contribution is 6.01. The summed E-state index contributed by atoms with van der Waals surface area (Å²) in [6.07, 6.45) is 0. The number of hydrogen-bond donors (Lipinski definition) is 2. The van der Waals surface area contributed by atoms with Gasteiger partial charge < -0.3 is 20.3 Å². The topological polar surface area (TPSA) is 87.7 Å². The van der Waals surface area contributed by atoms with Crippen LogP contribution in [-0.2, 0) is 4.74 Å². The molecule has 1 aliphatic heterocycles. The van der Waals surface area contributed by atoms with Crippen molar-refractivity contribution in [1.29, 1.82) is 0 Å². The molecule has 1 saturated heterocycles. The van der Waals surface area contributed by atoms with Crippen LogP contribution in [0.4, 0.5) is 16.2 Å². The smallest absolute Gasteiger partial charge is 0.323 e. The molecule has 3 amide bonds. The van der Waals surface area contributed by atoms with E-state index in [1.54, 1.807) is 53.4 Å². The normalized spacial score (nSPS) is 13.7. The predicted octanol–water partition coefficient (Wildman–Crippen LogP) is 3.01. The minimum atomic E-state index is -0.405. The number of ether oxygens (including phenoxy) is 1. The van der Waals surface area contributed by atoms with Crippen molar-refractivity contribution in [2.75, 3.05) is 36.9 Å². The molecule has 3 rings (SSSR count). The first-order valence-corrected chi connectivity index (χ1v) is 8.69. The molecule has 0 spiro atoms. The molecular formula is C20H21N3O4. The van der Waals surface area contributed by atoms with Gasteiger partial charge in [0.15, 0.2) is 5.78 Å². The molecule has 2 aromatic carbocycles. The van der Waals surface area contributed by atoms with Crippen molar-refractivity contribution in [2.24, 2.45) is 0 Å². The van der Waals surface area contributed by atoms with Crippen LogP contribution in [0.5, 0.6) is 0 Å². The zero-order valence-electron chi connectivity index (χ0n) is 15.0. The Kier molecular flexibility index (Phi) is 5.83. The second kappa shape index (κ2) is 8.46. The van der Waals surface area contributed by atoms with Crippen LogP contribution < -0.4 is 10.6 Å². The summed E-state index contributed by atoms with van der Waals surface area (Å²) in [7, 11) is 0. The monoisotopic (exact) mass is 367 g/mol. The van der Waals surface area contributed by atoms with Crippen LogP contribution in [0.25, 0.3) is 0 Å². The molecule has 0 saturated carbocycles. The molecule has 0 radical (unpaired) electrons. The van der Waals surface area contributed by atoms with E-state index in [9.17, 15) is 14.4 Å². The number of carbonyl (C=O) groups excluding carboxylic acids is 3. The van der Waals surface area contributed by atoms with Crippen molar-refractivity contribution in [1.82, 2.24) is 4.90 Å². The summed E-state index contributed by atoms with van der Waals surface area (Å²) in [5.74, 6) is -0.0717. The average Bonchev–Trinajstić information content (AvgIpc) is 2.69. The Bertz CT molecular complexity index is 825. The van der Waals surface area contributed by atoms with Gasteiger partial charge in [-0.3, -0.25) is 9.59 Å². The van der Waals surface area contributed by atoms with E-state index in [4.69, 9.17) is 4.74 Å². The van der Waals surface area contributed by atoms with E-state index in [1.807, 2.05) is 0 Å². The van der Waals surface area contributed by atoms with Crippen LogP contribution in [0.1, 0.15) is 27.6 Å². The summed E-state index contributed by atoms with van der Waals surface area (Å²) in [5.41, 5.74) is 2.31. The first-order valence-electron chi connectivity index (χ1n) is 8.69. The fraction of sp³-hybridized carbons (Fsp3) is 0.250. The van der Waals surface area contributed by atoms with Gasteiger partial charge >= 0.3 is 6.03 Å². The molecule has 1 aliphatic rings. The Morgan fingerprint density at radius 1 is 0.815 bits per heavy atom. The van der Waals surface area contributed by atoms with Gasteiger partial charge in [0.2, 0.25) is 0 Å². The van der Waals surface area contributed by atoms with Crippen LogP contribution in [-0.4, -0.2) is 48.9 Å². The van der Waals surface area contributed by atoms with Crippen LogP contribution in [0.15, 0.2) is 48.5 Å². The Hall–Kier alpha value is -3.19. The van der Waals surface area contributed by atoms with Gasteiger partial charge in [-0.15, -0.1) is 0 Å².